The molecule has 0 aliphatic heterocycles. The summed E-state index contributed by atoms with van der Waals surface area (Å²) in [6.07, 6.45) is 1.30. The monoisotopic (exact) mass is 270 g/mol. The number of nitrogens with zero attached hydrogens (tertiary/aromatic N) is 2. The van der Waals surface area contributed by atoms with Gasteiger partial charge in [-0.2, -0.15) is 0 Å². The van der Waals surface area contributed by atoms with Crippen molar-refractivity contribution in [3.05, 3.63) is 60.8 Å². The molecule has 94 valence electrons. The maximum Gasteiger partial charge on any atom is 0.225 e. The molecule has 0 fully saturated rings. The summed E-state index contributed by atoms with van der Waals surface area (Å²) in [5.74, 6) is 0. The molecule has 0 saturated heterocycles. The van der Waals surface area contributed by atoms with Crippen molar-refractivity contribution in [2.45, 2.75) is 9.92 Å². The van der Waals surface area contributed by atoms with E-state index in [0.717, 1.165) is 0 Å². The van der Waals surface area contributed by atoms with Crippen molar-refractivity contribution in [2.24, 2.45) is 0 Å². The molecule has 0 saturated carbocycles. The van der Waals surface area contributed by atoms with Crippen molar-refractivity contribution >= 4 is 20.9 Å². The van der Waals surface area contributed by atoms with Crippen molar-refractivity contribution in [1.82, 2.24) is 9.97 Å². The minimum atomic E-state index is -3.60. The Morgan fingerprint density at radius 1 is 0.789 bits per heavy atom. The lowest BCUT2D eigenvalue weighted by Gasteiger charge is -2.04. The molecule has 2 aromatic carbocycles. The number of sulfone groups is 1. The summed E-state index contributed by atoms with van der Waals surface area (Å²) in [4.78, 5) is 8.53. The van der Waals surface area contributed by atoms with E-state index in [1.54, 1.807) is 48.5 Å². The van der Waals surface area contributed by atoms with E-state index in [2.05, 4.69) is 9.97 Å². The molecule has 3 aromatic rings. The largest absolute Gasteiger partial charge is 0.252 e. The highest BCUT2D eigenvalue weighted by Gasteiger charge is 2.19. The molecule has 19 heavy (non-hydrogen) atoms. The Hall–Kier alpha value is -2.27. The third-order valence-electron chi connectivity index (χ3n) is 2.76. The van der Waals surface area contributed by atoms with E-state index < -0.39 is 9.84 Å². The Morgan fingerprint density at radius 3 is 2.16 bits per heavy atom. The van der Waals surface area contributed by atoms with Crippen LogP contribution in [-0.2, 0) is 9.84 Å². The molecule has 0 atom stereocenters. The van der Waals surface area contributed by atoms with Crippen molar-refractivity contribution in [3.8, 4) is 0 Å². The second-order valence-electron chi connectivity index (χ2n) is 4.01. The maximum atomic E-state index is 12.4. The first-order valence-electron chi connectivity index (χ1n) is 5.70. The van der Waals surface area contributed by atoms with Gasteiger partial charge in [0.2, 0.25) is 9.84 Å². The Balaban J connectivity index is 2.19. The van der Waals surface area contributed by atoms with Crippen LogP contribution in [0.5, 0.6) is 0 Å². The smallest absolute Gasteiger partial charge is 0.225 e. The molecule has 0 spiro atoms. The molecule has 5 heteroatoms. The van der Waals surface area contributed by atoms with Gasteiger partial charge in [-0.05, 0) is 24.3 Å². The summed E-state index contributed by atoms with van der Waals surface area (Å²) < 4.78 is 24.7. The van der Waals surface area contributed by atoms with E-state index in [9.17, 15) is 8.42 Å². The summed E-state index contributed by atoms with van der Waals surface area (Å²) in [5, 5.41) is -0.0302. The molecule has 4 nitrogen and oxygen atoms in total. The SMILES string of the molecule is O=S(=O)(c1ccccc1)c1cnc2ccccc2n1. The van der Waals surface area contributed by atoms with Crippen LogP contribution >= 0.6 is 0 Å². The maximum absolute atomic E-state index is 12.4. The molecule has 0 amide bonds. The van der Waals surface area contributed by atoms with Crippen LogP contribution in [0.4, 0.5) is 0 Å². The van der Waals surface area contributed by atoms with Crippen LogP contribution in [0.1, 0.15) is 0 Å². The van der Waals surface area contributed by atoms with Crippen LogP contribution in [0.15, 0.2) is 70.7 Å². The molecule has 0 aliphatic carbocycles. The van der Waals surface area contributed by atoms with Crippen molar-refractivity contribution < 1.29 is 8.42 Å². The molecule has 3 rings (SSSR count). The van der Waals surface area contributed by atoms with Gasteiger partial charge in [-0.15, -0.1) is 0 Å². The van der Waals surface area contributed by atoms with Gasteiger partial charge in [0.05, 0.1) is 22.1 Å². The molecule has 0 radical (unpaired) electrons. The van der Waals surface area contributed by atoms with E-state index in [1.165, 1.54) is 6.20 Å². The fraction of sp³-hybridized carbons (Fsp3) is 0. The summed E-state index contributed by atoms with van der Waals surface area (Å²) >= 11 is 0. The van der Waals surface area contributed by atoms with E-state index >= 15 is 0 Å². The highest BCUT2D eigenvalue weighted by atomic mass is 32.2. The van der Waals surface area contributed by atoms with Gasteiger partial charge in [0.15, 0.2) is 5.03 Å². The second-order valence-corrected chi connectivity index (χ2v) is 5.91. The number of hydrogen-bond acceptors (Lipinski definition) is 4. The zero-order chi connectivity index (χ0) is 13.3. The minimum absolute atomic E-state index is 0.0302. The van der Waals surface area contributed by atoms with Crippen molar-refractivity contribution in [2.75, 3.05) is 0 Å². The van der Waals surface area contributed by atoms with Gasteiger partial charge in [-0.25, -0.2) is 13.4 Å². The van der Waals surface area contributed by atoms with Gasteiger partial charge in [0, 0.05) is 0 Å². The van der Waals surface area contributed by atoms with E-state index in [0.29, 0.717) is 11.0 Å². The molecule has 0 aliphatic rings. The Bertz CT molecular complexity index is 830. The number of para-hydroxylation sites is 2. The first-order valence-corrected chi connectivity index (χ1v) is 7.18. The number of benzene rings is 2. The van der Waals surface area contributed by atoms with Gasteiger partial charge < -0.3 is 0 Å². The Kier molecular flexibility index (Phi) is 2.76. The first kappa shape index (κ1) is 11.8. The van der Waals surface area contributed by atoms with Crippen LogP contribution in [-0.4, -0.2) is 18.4 Å². The van der Waals surface area contributed by atoms with Crippen LogP contribution in [0.25, 0.3) is 11.0 Å². The van der Waals surface area contributed by atoms with Gasteiger partial charge in [-0.1, -0.05) is 30.3 Å². The van der Waals surface area contributed by atoms with E-state index in [1.807, 2.05) is 6.07 Å². The summed E-state index contributed by atoms with van der Waals surface area (Å²) in [7, 11) is -3.60. The van der Waals surface area contributed by atoms with Gasteiger partial charge in [0.25, 0.3) is 0 Å². The highest BCUT2D eigenvalue weighted by Crippen LogP contribution is 2.19. The normalized spacial score (nSPS) is 11.6. The predicted molar refractivity (Wildman–Crippen MR) is 71.4 cm³/mol. The van der Waals surface area contributed by atoms with Crippen molar-refractivity contribution in [1.29, 1.82) is 0 Å². The fourth-order valence-corrected chi connectivity index (χ4v) is 2.96. The summed E-state index contributed by atoms with van der Waals surface area (Å²) in [5.41, 5.74) is 1.24. The Morgan fingerprint density at radius 2 is 1.42 bits per heavy atom. The van der Waals surface area contributed by atoms with E-state index in [-0.39, 0.29) is 9.92 Å². The third-order valence-corrected chi connectivity index (χ3v) is 4.40. The van der Waals surface area contributed by atoms with Gasteiger partial charge in [-0.3, -0.25) is 4.98 Å². The average Bonchev–Trinajstić information content (AvgIpc) is 2.47. The van der Waals surface area contributed by atoms with Crippen molar-refractivity contribution in [3.63, 3.8) is 0 Å². The molecule has 0 unspecified atom stereocenters. The molecule has 1 aromatic heterocycles. The van der Waals surface area contributed by atoms with Gasteiger partial charge in [0.1, 0.15) is 0 Å². The first-order chi connectivity index (χ1) is 9.18. The van der Waals surface area contributed by atoms with Gasteiger partial charge >= 0.3 is 0 Å². The molecule has 0 N–H and O–H groups in total. The van der Waals surface area contributed by atoms with Crippen LogP contribution in [0, 0.1) is 0 Å². The Labute approximate surface area is 110 Å². The average molecular weight is 270 g/mol. The van der Waals surface area contributed by atoms with Crippen LogP contribution in [0.3, 0.4) is 0 Å². The molecule has 1 heterocycles. The number of hydrogen-bond donors (Lipinski definition) is 0. The number of aromatic nitrogens is 2. The topological polar surface area (TPSA) is 59.9 Å². The van der Waals surface area contributed by atoms with E-state index in [4.69, 9.17) is 0 Å². The third kappa shape index (κ3) is 2.08. The molecular weight excluding hydrogens is 260 g/mol. The lowest BCUT2D eigenvalue weighted by atomic mass is 10.3. The minimum Gasteiger partial charge on any atom is -0.252 e. The van der Waals surface area contributed by atoms with Crippen LogP contribution < -0.4 is 0 Å². The zero-order valence-corrected chi connectivity index (χ0v) is 10.7. The number of rotatable bonds is 2. The zero-order valence-electron chi connectivity index (χ0n) is 9.89. The standard InChI is InChI=1S/C14H10N2O2S/c17-19(18,11-6-2-1-3-7-11)14-10-15-12-8-4-5-9-13(12)16-14/h1-10H. The second kappa shape index (κ2) is 4.44. The quantitative estimate of drug-likeness (QED) is 0.717. The fourth-order valence-electron chi connectivity index (χ4n) is 1.79. The molecular formula is C14H10N2O2S. The molecule has 0 bridgehead atoms. The predicted octanol–water partition coefficient (Wildman–Crippen LogP) is 2.46. The van der Waals surface area contributed by atoms with Crippen LogP contribution in [0.2, 0.25) is 0 Å². The summed E-state index contributed by atoms with van der Waals surface area (Å²) in [6.45, 7) is 0. The summed E-state index contributed by atoms with van der Waals surface area (Å²) in [6, 6.07) is 15.4. The highest BCUT2D eigenvalue weighted by molar-refractivity contribution is 7.91. The lowest BCUT2D eigenvalue weighted by molar-refractivity contribution is 0.592. The number of fused-ring (bicyclic) bond motifs is 1. The lowest BCUT2D eigenvalue weighted by Crippen LogP contribution is -2.05.